The van der Waals surface area contributed by atoms with E-state index in [0.717, 1.165) is 48.6 Å². The monoisotopic (exact) mass is 396 g/mol. The van der Waals surface area contributed by atoms with E-state index in [2.05, 4.69) is 86.3 Å². The summed E-state index contributed by atoms with van der Waals surface area (Å²) in [6.45, 7) is 9.47. The molecule has 152 valence electrons. The molecular weight excluding hydrogens is 368 g/mol. The molecule has 0 saturated heterocycles. The van der Waals surface area contributed by atoms with Gasteiger partial charge in [-0.2, -0.15) is 0 Å². The Hall–Kier alpha value is -2.91. The van der Waals surface area contributed by atoms with Crippen LogP contribution in [-0.2, 0) is 13.0 Å². The molecule has 1 aromatic heterocycles. The molecule has 3 nitrogen and oxygen atoms in total. The number of pyridine rings is 1. The van der Waals surface area contributed by atoms with Crippen molar-refractivity contribution in [1.82, 2.24) is 9.88 Å². The maximum atomic E-state index is 5.84. The summed E-state index contributed by atoms with van der Waals surface area (Å²) in [4.78, 5) is 7.72. The quantitative estimate of drug-likeness (QED) is 0.383. The minimum Gasteiger partial charge on any atom is -0.491 e. The summed E-state index contributed by atoms with van der Waals surface area (Å²) in [7, 11) is 0. The summed E-state index contributed by atoms with van der Waals surface area (Å²) in [6, 6.07) is 21.5. The van der Waals surface area contributed by atoms with Crippen molar-refractivity contribution in [2.24, 2.45) is 0 Å². The standard InChI is InChI=1S/C27H28N2O/c1-4-29-16-15-23-24(17-29)27(20-9-12-21(13-10-20)30-18(2)3)28-25-14-11-19-7-5-6-8-22(19)26(23)25/h5-14,18H,4,15-17H2,1-3H3. The first-order valence-corrected chi connectivity index (χ1v) is 11.0. The van der Waals surface area contributed by atoms with Crippen molar-refractivity contribution in [2.75, 3.05) is 13.1 Å². The van der Waals surface area contributed by atoms with Crippen LogP contribution in [0.1, 0.15) is 31.9 Å². The molecule has 0 radical (unpaired) electrons. The highest BCUT2D eigenvalue weighted by atomic mass is 16.5. The van der Waals surface area contributed by atoms with Gasteiger partial charge in [0.05, 0.1) is 17.3 Å². The molecule has 0 saturated carbocycles. The Morgan fingerprint density at radius 2 is 1.77 bits per heavy atom. The van der Waals surface area contributed by atoms with E-state index >= 15 is 0 Å². The lowest BCUT2D eigenvalue weighted by Gasteiger charge is -2.30. The molecule has 0 aliphatic carbocycles. The highest BCUT2D eigenvalue weighted by Gasteiger charge is 2.23. The number of nitrogens with zero attached hydrogens (tertiary/aromatic N) is 2. The average molecular weight is 397 g/mol. The maximum Gasteiger partial charge on any atom is 0.119 e. The summed E-state index contributed by atoms with van der Waals surface area (Å²) in [5.74, 6) is 0.907. The summed E-state index contributed by atoms with van der Waals surface area (Å²) < 4.78 is 5.84. The van der Waals surface area contributed by atoms with E-state index in [1.165, 1.54) is 27.3 Å². The van der Waals surface area contributed by atoms with Crippen LogP contribution in [0.3, 0.4) is 0 Å². The number of rotatable bonds is 4. The van der Waals surface area contributed by atoms with Crippen LogP contribution >= 0.6 is 0 Å². The first kappa shape index (κ1) is 19.1. The van der Waals surface area contributed by atoms with Crippen molar-refractivity contribution in [3.05, 3.63) is 71.8 Å². The molecule has 0 amide bonds. The summed E-state index contributed by atoms with van der Waals surface area (Å²) in [5.41, 5.74) is 6.22. The Balaban J connectivity index is 1.73. The zero-order valence-electron chi connectivity index (χ0n) is 18.0. The second-order valence-electron chi connectivity index (χ2n) is 8.41. The van der Waals surface area contributed by atoms with Crippen LogP contribution in [0.2, 0.25) is 0 Å². The van der Waals surface area contributed by atoms with E-state index in [9.17, 15) is 0 Å². The van der Waals surface area contributed by atoms with E-state index < -0.39 is 0 Å². The molecule has 4 aromatic rings. The van der Waals surface area contributed by atoms with Crippen molar-refractivity contribution < 1.29 is 4.74 Å². The highest BCUT2D eigenvalue weighted by Crippen LogP contribution is 2.37. The molecule has 0 spiro atoms. The van der Waals surface area contributed by atoms with E-state index in [-0.39, 0.29) is 6.10 Å². The number of hydrogen-bond donors (Lipinski definition) is 0. The molecule has 5 rings (SSSR count). The van der Waals surface area contributed by atoms with E-state index in [0.29, 0.717) is 0 Å². The fourth-order valence-electron chi connectivity index (χ4n) is 4.64. The topological polar surface area (TPSA) is 25.4 Å². The zero-order valence-corrected chi connectivity index (χ0v) is 18.0. The van der Waals surface area contributed by atoms with Gasteiger partial charge in [0.25, 0.3) is 0 Å². The molecule has 3 heteroatoms. The Morgan fingerprint density at radius 3 is 2.53 bits per heavy atom. The molecule has 1 aliphatic heterocycles. The van der Waals surface area contributed by atoms with E-state index in [1.54, 1.807) is 0 Å². The molecule has 0 bridgehead atoms. The van der Waals surface area contributed by atoms with E-state index in [1.807, 2.05) is 0 Å². The number of likely N-dealkylation sites (N-methyl/N-ethyl adjacent to an activating group) is 1. The van der Waals surface area contributed by atoms with Crippen molar-refractivity contribution >= 4 is 21.7 Å². The minimum absolute atomic E-state index is 0.175. The largest absolute Gasteiger partial charge is 0.491 e. The van der Waals surface area contributed by atoms with Crippen LogP contribution in [0.5, 0.6) is 5.75 Å². The minimum atomic E-state index is 0.175. The lowest BCUT2D eigenvalue weighted by Crippen LogP contribution is -2.31. The predicted molar refractivity (Wildman–Crippen MR) is 125 cm³/mol. The summed E-state index contributed by atoms with van der Waals surface area (Å²) in [6.07, 6.45) is 1.24. The molecule has 0 unspecified atom stereocenters. The molecule has 2 heterocycles. The van der Waals surface area contributed by atoms with Crippen molar-refractivity contribution in [3.8, 4) is 17.0 Å². The van der Waals surface area contributed by atoms with Gasteiger partial charge in [0.1, 0.15) is 5.75 Å². The number of aromatic nitrogens is 1. The highest BCUT2D eigenvalue weighted by molar-refractivity contribution is 6.09. The maximum absolute atomic E-state index is 5.84. The fraction of sp³-hybridized carbons (Fsp3) is 0.296. The summed E-state index contributed by atoms with van der Waals surface area (Å²) >= 11 is 0. The normalized spacial score (nSPS) is 14.4. The first-order valence-electron chi connectivity index (χ1n) is 11.0. The molecule has 3 aromatic carbocycles. The van der Waals surface area contributed by atoms with Gasteiger partial charge in [0.2, 0.25) is 0 Å². The van der Waals surface area contributed by atoms with Gasteiger partial charge >= 0.3 is 0 Å². The van der Waals surface area contributed by atoms with Crippen LogP contribution < -0.4 is 4.74 Å². The number of ether oxygens (including phenoxy) is 1. The van der Waals surface area contributed by atoms with Crippen LogP contribution in [0.15, 0.2) is 60.7 Å². The molecular formula is C27H28N2O. The molecule has 0 N–H and O–H groups in total. The zero-order chi connectivity index (χ0) is 20.7. The van der Waals surface area contributed by atoms with Gasteiger partial charge < -0.3 is 4.74 Å². The smallest absolute Gasteiger partial charge is 0.119 e. The van der Waals surface area contributed by atoms with Crippen LogP contribution in [0.25, 0.3) is 32.9 Å². The van der Waals surface area contributed by atoms with Gasteiger partial charge in [0, 0.05) is 24.0 Å². The Labute approximate surface area is 178 Å². The molecule has 0 atom stereocenters. The lowest BCUT2D eigenvalue weighted by atomic mass is 9.89. The van der Waals surface area contributed by atoms with Gasteiger partial charge in [-0.3, -0.25) is 4.90 Å². The molecule has 0 fully saturated rings. The summed E-state index contributed by atoms with van der Waals surface area (Å²) in [5, 5.41) is 3.94. The fourth-order valence-corrected chi connectivity index (χ4v) is 4.64. The first-order chi connectivity index (χ1) is 14.6. The molecule has 1 aliphatic rings. The van der Waals surface area contributed by atoms with Crippen molar-refractivity contribution in [2.45, 2.75) is 39.8 Å². The number of fused-ring (bicyclic) bond motifs is 5. The van der Waals surface area contributed by atoms with Gasteiger partial charge in [-0.05, 0) is 79.0 Å². The Morgan fingerprint density at radius 1 is 0.967 bits per heavy atom. The Kier molecular flexibility index (Phi) is 4.92. The van der Waals surface area contributed by atoms with Gasteiger partial charge in [-0.1, -0.05) is 37.3 Å². The van der Waals surface area contributed by atoms with Crippen LogP contribution in [0, 0.1) is 0 Å². The van der Waals surface area contributed by atoms with E-state index in [4.69, 9.17) is 9.72 Å². The third-order valence-electron chi connectivity index (χ3n) is 6.10. The van der Waals surface area contributed by atoms with Crippen molar-refractivity contribution in [3.63, 3.8) is 0 Å². The number of hydrogen-bond acceptors (Lipinski definition) is 3. The third-order valence-corrected chi connectivity index (χ3v) is 6.10. The predicted octanol–water partition coefficient (Wildman–Crippen LogP) is 6.22. The van der Waals surface area contributed by atoms with Crippen molar-refractivity contribution in [1.29, 1.82) is 0 Å². The average Bonchev–Trinajstić information content (AvgIpc) is 2.78. The molecule has 30 heavy (non-hydrogen) atoms. The second kappa shape index (κ2) is 7.73. The lowest BCUT2D eigenvalue weighted by molar-refractivity contribution is 0.242. The van der Waals surface area contributed by atoms with Gasteiger partial charge in [-0.15, -0.1) is 0 Å². The SMILES string of the molecule is CCN1CCc2c(c(-c3ccc(OC(C)C)cc3)nc3ccc4ccccc4c23)C1. The Bertz CT molecular complexity index is 1210. The van der Waals surface area contributed by atoms with Gasteiger partial charge in [0.15, 0.2) is 0 Å². The van der Waals surface area contributed by atoms with Gasteiger partial charge in [-0.25, -0.2) is 4.98 Å². The second-order valence-corrected chi connectivity index (χ2v) is 8.41. The van der Waals surface area contributed by atoms with Crippen LogP contribution in [0.4, 0.5) is 0 Å². The van der Waals surface area contributed by atoms with Crippen LogP contribution in [-0.4, -0.2) is 29.1 Å². The third kappa shape index (κ3) is 3.33. The number of benzene rings is 3.